The summed E-state index contributed by atoms with van der Waals surface area (Å²) in [7, 11) is 0. The number of pyridine rings is 1. The Morgan fingerprint density at radius 3 is 2.61 bits per heavy atom. The number of β-amino-alcohol motifs (C(OH)–C–C–N with tert-alkyl or cyclic N) is 1. The number of hydrogen-bond acceptors (Lipinski definition) is 3. The van der Waals surface area contributed by atoms with Crippen molar-refractivity contribution in [2.75, 3.05) is 18.0 Å². The molecular weight excluding hydrogens is 291 g/mol. The van der Waals surface area contributed by atoms with Gasteiger partial charge in [0, 0.05) is 36.6 Å². The van der Waals surface area contributed by atoms with Crippen molar-refractivity contribution in [3.63, 3.8) is 0 Å². The van der Waals surface area contributed by atoms with Crippen molar-refractivity contribution in [1.29, 1.82) is 0 Å². The van der Waals surface area contributed by atoms with Crippen molar-refractivity contribution in [2.24, 2.45) is 0 Å². The van der Waals surface area contributed by atoms with E-state index in [2.05, 4.69) is 22.0 Å². The van der Waals surface area contributed by atoms with Gasteiger partial charge in [0.05, 0.1) is 6.10 Å². The molecule has 1 fully saturated rings. The number of aliphatic hydroxyl groups excluding tert-OH is 1. The third kappa shape index (κ3) is 2.55. The zero-order valence-electron chi connectivity index (χ0n) is 12.6. The lowest BCUT2D eigenvalue weighted by molar-refractivity contribution is 0.198. The minimum Gasteiger partial charge on any atom is -0.391 e. The summed E-state index contributed by atoms with van der Waals surface area (Å²) in [4.78, 5) is 6.19. The van der Waals surface area contributed by atoms with Gasteiger partial charge in [-0.05, 0) is 47.2 Å². The Morgan fingerprint density at radius 2 is 1.87 bits per heavy atom. The van der Waals surface area contributed by atoms with E-state index in [0.29, 0.717) is 11.9 Å². The molecule has 1 aromatic heterocycles. The van der Waals surface area contributed by atoms with E-state index >= 15 is 0 Å². The first-order valence-electron chi connectivity index (χ1n) is 7.78. The fourth-order valence-electron chi connectivity index (χ4n) is 3.24. The highest BCUT2D eigenvalue weighted by atomic mass is 19.1. The molecule has 0 saturated carbocycles. The number of rotatable bonds is 2. The van der Waals surface area contributed by atoms with Crippen LogP contribution in [0, 0.1) is 5.82 Å². The molecule has 0 spiro atoms. The van der Waals surface area contributed by atoms with Crippen LogP contribution in [0.4, 0.5) is 10.1 Å². The van der Waals surface area contributed by atoms with E-state index in [0.717, 1.165) is 35.2 Å². The molecule has 4 heteroatoms. The molecule has 3 nitrogen and oxygen atoms in total. The van der Waals surface area contributed by atoms with Gasteiger partial charge in [-0.1, -0.05) is 18.2 Å². The predicted octanol–water partition coefficient (Wildman–Crippen LogP) is 3.61. The van der Waals surface area contributed by atoms with Crippen LogP contribution >= 0.6 is 0 Å². The largest absolute Gasteiger partial charge is 0.391 e. The molecule has 0 radical (unpaired) electrons. The molecule has 2 aromatic carbocycles. The summed E-state index contributed by atoms with van der Waals surface area (Å²) in [6.45, 7) is 1.57. The van der Waals surface area contributed by atoms with Gasteiger partial charge in [-0.25, -0.2) is 4.39 Å². The quantitative estimate of drug-likeness (QED) is 0.785. The fraction of sp³-hybridized carbons (Fsp3) is 0.211. The second-order valence-corrected chi connectivity index (χ2v) is 5.95. The second kappa shape index (κ2) is 5.63. The molecule has 1 unspecified atom stereocenters. The number of anilines is 1. The molecule has 3 aromatic rings. The summed E-state index contributed by atoms with van der Waals surface area (Å²) in [5.74, 6) is -0.250. The Labute approximate surface area is 134 Å². The first-order chi connectivity index (χ1) is 11.2. The van der Waals surface area contributed by atoms with E-state index in [9.17, 15) is 9.50 Å². The van der Waals surface area contributed by atoms with Gasteiger partial charge in [-0.3, -0.25) is 4.98 Å². The highest BCUT2D eigenvalue weighted by Gasteiger charge is 2.20. The van der Waals surface area contributed by atoms with Crippen LogP contribution in [0.2, 0.25) is 0 Å². The Balaban J connectivity index is 1.73. The predicted molar refractivity (Wildman–Crippen MR) is 90.0 cm³/mol. The average Bonchev–Trinajstić information content (AvgIpc) is 3.02. The van der Waals surface area contributed by atoms with E-state index in [4.69, 9.17) is 0 Å². The number of fused-ring (bicyclic) bond motifs is 1. The van der Waals surface area contributed by atoms with Crippen LogP contribution in [0.1, 0.15) is 6.42 Å². The maximum Gasteiger partial charge on any atom is 0.132 e. The summed E-state index contributed by atoms with van der Waals surface area (Å²) < 4.78 is 13.9. The van der Waals surface area contributed by atoms with Gasteiger partial charge in [-0.15, -0.1) is 0 Å². The highest BCUT2D eigenvalue weighted by molar-refractivity contribution is 5.96. The van der Waals surface area contributed by atoms with Gasteiger partial charge >= 0.3 is 0 Å². The topological polar surface area (TPSA) is 36.4 Å². The molecule has 1 aliphatic rings. The average molecular weight is 308 g/mol. The van der Waals surface area contributed by atoms with Crippen molar-refractivity contribution in [3.8, 4) is 11.1 Å². The summed E-state index contributed by atoms with van der Waals surface area (Å²) >= 11 is 0. The minimum atomic E-state index is -0.250. The molecule has 1 aliphatic heterocycles. The van der Waals surface area contributed by atoms with Crippen molar-refractivity contribution >= 4 is 16.5 Å². The number of benzene rings is 2. The van der Waals surface area contributed by atoms with Crippen LogP contribution in [0.25, 0.3) is 21.9 Å². The van der Waals surface area contributed by atoms with Crippen LogP contribution in [0.15, 0.2) is 54.9 Å². The fourth-order valence-corrected chi connectivity index (χ4v) is 3.24. The van der Waals surface area contributed by atoms with Gasteiger partial charge in [0.1, 0.15) is 5.82 Å². The summed E-state index contributed by atoms with van der Waals surface area (Å²) in [6, 6.07) is 13.4. The lowest BCUT2D eigenvalue weighted by Gasteiger charge is -2.18. The molecule has 116 valence electrons. The van der Waals surface area contributed by atoms with Gasteiger partial charge in [0.15, 0.2) is 0 Å². The maximum atomic E-state index is 13.9. The molecule has 4 rings (SSSR count). The Kier molecular flexibility index (Phi) is 3.46. The van der Waals surface area contributed by atoms with E-state index in [1.807, 2.05) is 24.3 Å². The Bertz CT molecular complexity index is 848. The van der Waals surface area contributed by atoms with Gasteiger partial charge < -0.3 is 10.0 Å². The molecule has 0 aliphatic carbocycles. The Hall–Kier alpha value is -2.46. The van der Waals surface area contributed by atoms with E-state index in [1.165, 1.54) is 6.07 Å². The third-order valence-electron chi connectivity index (χ3n) is 4.47. The van der Waals surface area contributed by atoms with Crippen molar-refractivity contribution in [1.82, 2.24) is 4.98 Å². The summed E-state index contributed by atoms with van der Waals surface area (Å²) in [6.07, 6.45) is 3.83. The lowest BCUT2D eigenvalue weighted by atomic mass is 9.99. The first kappa shape index (κ1) is 14.2. The lowest BCUT2D eigenvalue weighted by Crippen LogP contribution is -2.20. The highest BCUT2D eigenvalue weighted by Crippen LogP contribution is 2.31. The molecule has 1 N–H and O–H groups in total. The second-order valence-electron chi connectivity index (χ2n) is 5.95. The van der Waals surface area contributed by atoms with E-state index < -0.39 is 0 Å². The van der Waals surface area contributed by atoms with Crippen molar-refractivity contribution in [3.05, 3.63) is 60.7 Å². The normalized spacial score (nSPS) is 17.8. The molecule has 2 heterocycles. The van der Waals surface area contributed by atoms with Gasteiger partial charge in [0.2, 0.25) is 0 Å². The SMILES string of the molecule is OC1CCN(c2ccc(-c3ccc(F)c4cnccc34)cc2)C1. The molecular formula is C19H17FN2O. The first-order valence-corrected chi connectivity index (χ1v) is 7.78. The number of hydrogen-bond donors (Lipinski definition) is 1. The van der Waals surface area contributed by atoms with Crippen LogP contribution in [-0.2, 0) is 0 Å². The van der Waals surface area contributed by atoms with Gasteiger partial charge in [0.25, 0.3) is 0 Å². The van der Waals surface area contributed by atoms with Crippen molar-refractivity contribution in [2.45, 2.75) is 12.5 Å². The zero-order chi connectivity index (χ0) is 15.8. The number of halogens is 1. The van der Waals surface area contributed by atoms with Crippen LogP contribution < -0.4 is 4.90 Å². The molecule has 0 amide bonds. The van der Waals surface area contributed by atoms with E-state index in [1.54, 1.807) is 12.4 Å². The molecule has 1 atom stereocenters. The molecule has 0 bridgehead atoms. The summed E-state index contributed by atoms with van der Waals surface area (Å²) in [5, 5.41) is 11.1. The number of aromatic nitrogens is 1. The number of nitrogens with zero attached hydrogens (tertiary/aromatic N) is 2. The third-order valence-corrected chi connectivity index (χ3v) is 4.47. The van der Waals surface area contributed by atoms with Gasteiger partial charge in [-0.2, -0.15) is 0 Å². The van der Waals surface area contributed by atoms with Crippen molar-refractivity contribution < 1.29 is 9.50 Å². The Morgan fingerprint density at radius 1 is 1.04 bits per heavy atom. The zero-order valence-corrected chi connectivity index (χ0v) is 12.6. The molecule has 1 saturated heterocycles. The maximum absolute atomic E-state index is 13.9. The minimum absolute atomic E-state index is 0.233. The summed E-state index contributed by atoms with van der Waals surface area (Å²) in [5.41, 5.74) is 3.15. The smallest absolute Gasteiger partial charge is 0.132 e. The van der Waals surface area contributed by atoms with Crippen LogP contribution in [-0.4, -0.2) is 29.3 Å². The molecule has 23 heavy (non-hydrogen) atoms. The standard InChI is InChI=1S/C19H17FN2O/c20-19-6-5-16(17-7-9-21-11-18(17)19)13-1-3-14(4-2-13)22-10-8-15(23)12-22/h1-7,9,11,15,23H,8,10,12H2. The monoisotopic (exact) mass is 308 g/mol. The van der Waals surface area contributed by atoms with E-state index in [-0.39, 0.29) is 11.9 Å². The van der Waals surface area contributed by atoms with Crippen LogP contribution in [0.5, 0.6) is 0 Å². The number of aliphatic hydroxyl groups is 1. The van der Waals surface area contributed by atoms with Crippen LogP contribution in [0.3, 0.4) is 0 Å².